The predicted molar refractivity (Wildman–Crippen MR) is 54.8 cm³/mol. The molecular weight excluding hydrogens is 256 g/mol. The Morgan fingerprint density at radius 3 is 2.38 bits per heavy atom. The van der Waals surface area contributed by atoms with Crippen LogP contribution in [0.3, 0.4) is 0 Å². The number of hydrogen-bond acceptors (Lipinski definition) is 3. The number of rotatable bonds is 2. The van der Waals surface area contributed by atoms with Gasteiger partial charge in [-0.2, -0.15) is 0 Å². The van der Waals surface area contributed by atoms with E-state index in [1.807, 2.05) is 0 Å². The first-order valence-corrected chi connectivity index (χ1v) is 5.38. The number of hydrogen-bond donors (Lipinski definition) is 0. The Bertz CT molecular complexity index is 358. The van der Waals surface area contributed by atoms with Crippen LogP contribution in [0.1, 0.15) is 0 Å². The highest BCUT2D eigenvalue weighted by Crippen LogP contribution is 2.37. The van der Waals surface area contributed by atoms with Crippen LogP contribution in [-0.4, -0.2) is 4.92 Å². The molecular formula is C6H2Cl3NO2S. The zero-order chi connectivity index (χ0) is 10.0. The number of nitrogens with zero attached hydrogens (tertiary/aromatic N) is 1. The summed E-state index contributed by atoms with van der Waals surface area (Å²) in [5.41, 5.74) is -0.200. The molecule has 0 aliphatic carbocycles. The Kier molecular flexibility index (Phi) is 3.67. The zero-order valence-electron chi connectivity index (χ0n) is 5.96. The largest absolute Gasteiger partial charge is 0.289 e. The summed E-state index contributed by atoms with van der Waals surface area (Å²) < 4.78 is 0. The molecule has 13 heavy (non-hydrogen) atoms. The van der Waals surface area contributed by atoms with Gasteiger partial charge in [-0.1, -0.05) is 23.2 Å². The van der Waals surface area contributed by atoms with Gasteiger partial charge < -0.3 is 0 Å². The normalized spacial score (nSPS) is 10.1. The summed E-state index contributed by atoms with van der Waals surface area (Å²) in [6.07, 6.45) is 0. The quantitative estimate of drug-likeness (QED) is 0.591. The molecule has 0 atom stereocenters. The Balaban J connectivity index is 3.30. The lowest BCUT2D eigenvalue weighted by Crippen LogP contribution is -1.89. The second kappa shape index (κ2) is 4.37. The Labute approximate surface area is 92.6 Å². The van der Waals surface area contributed by atoms with Crippen molar-refractivity contribution in [3.05, 3.63) is 32.3 Å². The van der Waals surface area contributed by atoms with Gasteiger partial charge in [0.05, 0.1) is 9.95 Å². The van der Waals surface area contributed by atoms with E-state index in [-0.39, 0.29) is 10.7 Å². The fraction of sp³-hybridized carbons (Fsp3) is 0. The lowest BCUT2D eigenvalue weighted by molar-refractivity contribution is -0.384. The van der Waals surface area contributed by atoms with Gasteiger partial charge in [-0.25, -0.2) is 0 Å². The maximum atomic E-state index is 10.4. The molecule has 0 saturated carbocycles. The van der Waals surface area contributed by atoms with Crippen LogP contribution in [0.15, 0.2) is 17.0 Å². The third kappa shape index (κ3) is 2.40. The molecule has 1 aromatic carbocycles. The number of nitro groups is 1. The molecule has 0 heterocycles. The lowest BCUT2D eigenvalue weighted by atomic mass is 10.3. The van der Waals surface area contributed by atoms with E-state index in [1.165, 1.54) is 12.1 Å². The van der Waals surface area contributed by atoms with Crippen LogP contribution in [0.4, 0.5) is 5.69 Å². The van der Waals surface area contributed by atoms with Crippen molar-refractivity contribution in [3.8, 4) is 0 Å². The van der Waals surface area contributed by atoms with Gasteiger partial charge in [0.1, 0.15) is 5.02 Å². The first-order chi connectivity index (χ1) is 6.06. The van der Waals surface area contributed by atoms with E-state index in [2.05, 4.69) is 0 Å². The van der Waals surface area contributed by atoms with Gasteiger partial charge in [0.25, 0.3) is 5.69 Å². The standard InChI is InChI=1S/C6H2Cl3NO2S/c7-3-1-4(8)6(13-9)2-5(3)10(11)12/h1-2H. The Morgan fingerprint density at radius 2 is 1.92 bits per heavy atom. The second-order valence-electron chi connectivity index (χ2n) is 2.07. The molecule has 0 aromatic heterocycles. The van der Waals surface area contributed by atoms with Crippen LogP contribution in [0.2, 0.25) is 10.0 Å². The van der Waals surface area contributed by atoms with E-state index < -0.39 is 4.92 Å². The molecule has 0 amide bonds. The fourth-order valence-electron chi connectivity index (χ4n) is 0.717. The molecule has 0 aliphatic heterocycles. The minimum atomic E-state index is -0.588. The maximum absolute atomic E-state index is 10.4. The zero-order valence-corrected chi connectivity index (χ0v) is 9.04. The van der Waals surface area contributed by atoms with Crippen molar-refractivity contribution in [2.45, 2.75) is 4.90 Å². The van der Waals surface area contributed by atoms with E-state index in [9.17, 15) is 10.1 Å². The van der Waals surface area contributed by atoms with Gasteiger partial charge in [0, 0.05) is 11.0 Å². The van der Waals surface area contributed by atoms with Crippen molar-refractivity contribution in [1.82, 2.24) is 0 Å². The minimum absolute atomic E-state index is 0.00414. The predicted octanol–water partition coefficient (Wildman–Crippen LogP) is 4.15. The van der Waals surface area contributed by atoms with E-state index in [0.717, 1.165) is 11.0 Å². The Morgan fingerprint density at radius 1 is 1.31 bits per heavy atom. The van der Waals surface area contributed by atoms with Crippen LogP contribution < -0.4 is 0 Å². The third-order valence-corrected chi connectivity index (χ3v) is 3.01. The second-order valence-corrected chi connectivity index (χ2v) is 3.94. The van der Waals surface area contributed by atoms with Gasteiger partial charge in [0.2, 0.25) is 0 Å². The van der Waals surface area contributed by atoms with Gasteiger partial charge >= 0.3 is 0 Å². The van der Waals surface area contributed by atoms with Crippen molar-refractivity contribution in [2.24, 2.45) is 0 Å². The average Bonchev–Trinajstić information content (AvgIpc) is 2.03. The van der Waals surface area contributed by atoms with Crippen LogP contribution in [0, 0.1) is 10.1 Å². The van der Waals surface area contributed by atoms with Crippen molar-refractivity contribution >= 4 is 50.5 Å². The molecule has 0 spiro atoms. The SMILES string of the molecule is O=[N+]([O-])c1cc(SCl)c(Cl)cc1Cl. The van der Waals surface area contributed by atoms with Gasteiger partial charge in [-0.15, -0.1) is 0 Å². The number of halogens is 3. The Hall–Kier alpha value is -0.160. The summed E-state index contributed by atoms with van der Waals surface area (Å²) in [5, 5.41) is 10.7. The summed E-state index contributed by atoms with van der Waals surface area (Å²) >= 11 is 11.3. The first kappa shape index (κ1) is 10.9. The molecule has 0 saturated heterocycles. The molecule has 7 heteroatoms. The third-order valence-electron chi connectivity index (χ3n) is 1.28. The minimum Gasteiger partial charge on any atom is -0.258 e. The molecule has 1 rings (SSSR count). The maximum Gasteiger partial charge on any atom is 0.289 e. The van der Waals surface area contributed by atoms with E-state index in [1.54, 1.807) is 0 Å². The van der Waals surface area contributed by atoms with Crippen LogP contribution in [0.25, 0.3) is 0 Å². The molecule has 0 unspecified atom stereocenters. The molecule has 3 nitrogen and oxygen atoms in total. The monoisotopic (exact) mass is 257 g/mol. The molecule has 0 aliphatic rings. The van der Waals surface area contributed by atoms with Crippen molar-refractivity contribution in [3.63, 3.8) is 0 Å². The van der Waals surface area contributed by atoms with Crippen LogP contribution in [-0.2, 0) is 0 Å². The van der Waals surface area contributed by atoms with Crippen molar-refractivity contribution in [2.75, 3.05) is 0 Å². The number of benzene rings is 1. The van der Waals surface area contributed by atoms with E-state index in [0.29, 0.717) is 9.92 Å². The highest BCUT2D eigenvalue weighted by Gasteiger charge is 2.15. The van der Waals surface area contributed by atoms with Crippen LogP contribution >= 0.6 is 44.9 Å². The number of nitro benzene ring substituents is 1. The summed E-state index contributed by atoms with van der Waals surface area (Å²) in [6, 6.07) is 2.54. The highest BCUT2D eigenvalue weighted by molar-refractivity contribution is 8.21. The highest BCUT2D eigenvalue weighted by atomic mass is 35.7. The molecule has 0 radical (unpaired) electrons. The van der Waals surface area contributed by atoms with Crippen LogP contribution in [0.5, 0.6) is 0 Å². The summed E-state index contributed by atoms with van der Waals surface area (Å²) in [7, 11) is 6.24. The van der Waals surface area contributed by atoms with Gasteiger partial charge in [-0.05, 0) is 27.7 Å². The summed E-state index contributed by atoms with van der Waals surface area (Å²) in [5.74, 6) is 0. The van der Waals surface area contributed by atoms with Crippen molar-refractivity contribution in [1.29, 1.82) is 0 Å². The summed E-state index contributed by atoms with van der Waals surface area (Å²) in [6.45, 7) is 0. The first-order valence-electron chi connectivity index (χ1n) is 2.98. The fourth-order valence-corrected chi connectivity index (χ4v) is 2.08. The topological polar surface area (TPSA) is 43.1 Å². The van der Waals surface area contributed by atoms with E-state index in [4.69, 9.17) is 33.9 Å². The lowest BCUT2D eigenvalue weighted by Gasteiger charge is -2.00. The van der Waals surface area contributed by atoms with Gasteiger partial charge in [-0.3, -0.25) is 10.1 Å². The molecule has 0 bridgehead atoms. The molecule has 0 fully saturated rings. The molecule has 70 valence electrons. The van der Waals surface area contributed by atoms with Crippen molar-refractivity contribution < 1.29 is 4.92 Å². The van der Waals surface area contributed by atoms with E-state index >= 15 is 0 Å². The van der Waals surface area contributed by atoms with Gasteiger partial charge in [0.15, 0.2) is 0 Å². The molecule has 1 aromatic rings. The smallest absolute Gasteiger partial charge is 0.258 e. The average molecular weight is 259 g/mol. The molecule has 0 N–H and O–H groups in total. The summed E-state index contributed by atoms with van der Waals surface area (Å²) in [4.78, 5) is 10.3.